The minimum atomic E-state index is -0.344. The van der Waals surface area contributed by atoms with Crippen molar-refractivity contribution in [3.8, 4) is 5.75 Å². The standard InChI is InChI=1S/C19H21N3O4S/c1-12-5-8-16(27-12)19(25)20-11-17(23)21-13-6-7-14(15(10-13)26-2)22-9-3-4-18(22)24/h5-8,10H,3-4,9,11H2,1-2H3,(H,20,25)(H,21,23). The molecule has 1 aliphatic rings. The quantitative estimate of drug-likeness (QED) is 0.797. The molecular weight excluding hydrogens is 366 g/mol. The van der Waals surface area contributed by atoms with Gasteiger partial charge in [-0.05, 0) is 37.6 Å². The number of hydrogen-bond donors (Lipinski definition) is 2. The lowest BCUT2D eigenvalue weighted by molar-refractivity contribution is -0.117. The summed E-state index contributed by atoms with van der Waals surface area (Å²) in [4.78, 5) is 39.3. The number of thiophene rings is 1. The van der Waals surface area contributed by atoms with Crippen LogP contribution in [0.3, 0.4) is 0 Å². The summed E-state index contributed by atoms with van der Waals surface area (Å²) in [6, 6.07) is 8.73. The lowest BCUT2D eigenvalue weighted by Crippen LogP contribution is -2.32. The van der Waals surface area contributed by atoms with E-state index in [1.54, 1.807) is 29.2 Å². The Morgan fingerprint density at radius 1 is 1.26 bits per heavy atom. The fraction of sp³-hybridized carbons (Fsp3) is 0.316. The van der Waals surface area contributed by atoms with Gasteiger partial charge < -0.3 is 20.3 Å². The highest BCUT2D eigenvalue weighted by molar-refractivity contribution is 7.13. The molecule has 0 spiro atoms. The lowest BCUT2D eigenvalue weighted by Gasteiger charge is -2.19. The first-order valence-corrected chi connectivity index (χ1v) is 9.42. The van der Waals surface area contributed by atoms with Gasteiger partial charge in [0.05, 0.1) is 24.2 Å². The van der Waals surface area contributed by atoms with E-state index in [2.05, 4.69) is 10.6 Å². The van der Waals surface area contributed by atoms with Gasteiger partial charge in [-0.3, -0.25) is 14.4 Å². The zero-order chi connectivity index (χ0) is 19.4. The second-order valence-corrected chi connectivity index (χ2v) is 7.46. The van der Waals surface area contributed by atoms with Crippen molar-refractivity contribution in [2.75, 3.05) is 30.4 Å². The first-order valence-electron chi connectivity index (χ1n) is 8.61. The zero-order valence-electron chi connectivity index (χ0n) is 15.2. The van der Waals surface area contributed by atoms with E-state index in [1.807, 2.05) is 13.0 Å². The number of nitrogens with one attached hydrogen (secondary N) is 2. The molecule has 7 nitrogen and oxygen atoms in total. The van der Waals surface area contributed by atoms with E-state index in [0.717, 1.165) is 11.3 Å². The Kier molecular flexibility index (Phi) is 5.75. The molecule has 1 fully saturated rings. The van der Waals surface area contributed by atoms with Gasteiger partial charge in [-0.25, -0.2) is 0 Å². The van der Waals surface area contributed by atoms with Crippen LogP contribution in [0.4, 0.5) is 11.4 Å². The third-order valence-electron chi connectivity index (χ3n) is 4.20. The number of benzene rings is 1. The van der Waals surface area contributed by atoms with Gasteiger partial charge in [0.1, 0.15) is 5.75 Å². The number of nitrogens with zero attached hydrogens (tertiary/aromatic N) is 1. The molecule has 1 aromatic carbocycles. The summed E-state index contributed by atoms with van der Waals surface area (Å²) in [6.45, 7) is 2.44. The molecule has 27 heavy (non-hydrogen) atoms. The van der Waals surface area contributed by atoms with Gasteiger partial charge in [0, 0.05) is 29.6 Å². The van der Waals surface area contributed by atoms with Crippen LogP contribution in [0.5, 0.6) is 5.75 Å². The molecule has 0 atom stereocenters. The zero-order valence-corrected chi connectivity index (χ0v) is 16.0. The van der Waals surface area contributed by atoms with E-state index >= 15 is 0 Å². The van der Waals surface area contributed by atoms with Gasteiger partial charge in [0.2, 0.25) is 11.8 Å². The summed E-state index contributed by atoms with van der Waals surface area (Å²) in [5.41, 5.74) is 1.23. The SMILES string of the molecule is COc1cc(NC(=O)CNC(=O)c2ccc(C)s2)ccc1N1CCCC1=O. The van der Waals surface area contributed by atoms with Crippen LogP contribution >= 0.6 is 11.3 Å². The number of amides is 3. The van der Waals surface area contributed by atoms with Crippen LogP contribution in [0, 0.1) is 6.92 Å². The summed E-state index contributed by atoms with van der Waals surface area (Å²) in [5.74, 6) is -0.0369. The Morgan fingerprint density at radius 2 is 2.07 bits per heavy atom. The van der Waals surface area contributed by atoms with Gasteiger partial charge in [0.15, 0.2) is 0 Å². The molecule has 0 aliphatic carbocycles. The first kappa shape index (κ1) is 18.9. The number of anilines is 2. The average Bonchev–Trinajstić information content (AvgIpc) is 3.28. The molecule has 2 aromatic rings. The van der Waals surface area contributed by atoms with E-state index in [0.29, 0.717) is 35.0 Å². The van der Waals surface area contributed by atoms with Crippen molar-refractivity contribution >= 4 is 40.4 Å². The molecule has 1 aromatic heterocycles. The minimum absolute atomic E-state index is 0.0663. The van der Waals surface area contributed by atoms with E-state index in [-0.39, 0.29) is 24.3 Å². The van der Waals surface area contributed by atoms with Crippen LogP contribution in [-0.4, -0.2) is 37.9 Å². The topological polar surface area (TPSA) is 87.7 Å². The van der Waals surface area contributed by atoms with E-state index in [1.165, 1.54) is 18.4 Å². The van der Waals surface area contributed by atoms with Crippen molar-refractivity contribution in [1.82, 2.24) is 5.32 Å². The molecular formula is C19H21N3O4S. The van der Waals surface area contributed by atoms with E-state index in [4.69, 9.17) is 4.74 Å². The molecule has 0 unspecified atom stereocenters. The molecule has 1 saturated heterocycles. The van der Waals surface area contributed by atoms with Crippen LogP contribution in [-0.2, 0) is 9.59 Å². The maximum atomic E-state index is 12.1. The van der Waals surface area contributed by atoms with Gasteiger partial charge in [-0.15, -0.1) is 11.3 Å². The van der Waals surface area contributed by atoms with Crippen molar-refractivity contribution in [3.63, 3.8) is 0 Å². The third kappa shape index (κ3) is 4.46. The normalized spacial score (nSPS) is 13.6. The van der Waals surface area contributed by atoms with E-state index < -0.39 is 0 Å². The second-order valence-electron chi connectivity index (χ2n) is 6.18. The first-order chi connectivity index (χ1) is 13.0. The Balaban J connectivity index is 1.60. The predicted molar refractivity (Wildman–Crippen MR) is 105 cm³/mol. The fourth-order valence-electron chi connectivity index (χ4n) is 2.89. The maximum Gasteiger partial charge on any atom is 0.261 e. The number of methoxy groups -OCH3 is 1. The van der Waals surface area contributed by atoms with Crippen molar-refractivity contribution in [3.05, 3.63) is 40.1 Å². The number of carbonyl (C=O) groups is 3. The average molecular weight is 387 g/mol. The summed E-state index contributed by atoms with van der Waals surface area (Å²) >= 11 is 1.38. The van der Waals surface area contributed by atoms with Gasteiger partial charge in [-0.2, -0.15) is 0 Å². The Labute approximate surface area is 161 Å². The molecule has 2 heterocycles. The largest absolute Gasteiger partial charge is 0.494 e. The van der Waals surface area contributed by atoms with Gasteiger partial charge >= 0.3 is 0 Å². The molecule has 142 valence electrons. The maximum absolute atomic E-state index is 12.1. The number of ether oxygens (including phenoxy) is 1. The van der Waals surface area contributed by atoms with Crippen molar-refractivity contribution in [1.29, 1.82) is 0 Å². The minimum Gasteiger partial charge on any atom is -0.494 e. The van der Waals surface area contributed by atoms with Crippen LogP contribution < -0.4 is 20.3 Å². The Morgan fingerprint density at radius 3 is 2.70 bits per heavy atom. The predicted octanol–water partition coefficient (Wildman–Crippen LogP) is 2.56. The highest BCUT2D eigenvalue weighted by Crippen LogP contribution is 2.33. The number of carbonyl (C=O) groups excluding carboxylic acids is 3. The van der Waals surface area contributed by atoms with E-state index in [9.17, 15) is 14.4 Å². The van der Waals surface area contributed by atoms with Crippen molar-refractivity contribution in [2.24, 2.45) is 0 Å². The monoisotopic (exact) mass is 387 g/mol. The summed E-state index contributed by atoms with van der Waals surface area (Å²) < 4.78 is 5.37. The van der Waals surface area contributed by atoms with Gasteiger partial charge in [-0.1, -0.05) is 0 Å². The molecule has 3 rings (SSSR count). The Bertz CT molecular complexity index is 878. The van der Waals surface area contributed by atoms with Crippen molar-refractivity contribution < 1.29 is 19.1 Å². The number of hydrogen-bond acceptors (Lipinski definition) is 5. The molecule has 0 radical (unpaired) electrons. The number of aryl methyl sites for hydroxylation is 1. The van der Waals surface area contributed by atoms with Crippen LogP contribution in [0.1, 0.15) is 27.4 Å². The highest BCUT2D eigenvalue weighted by Gasteiger charge is 2.24. The molecule has 0 saturated carbocycles. The highest BCUT2D eigenvalue weighted by atomic mass is 32.1. The van der Waals surface area contributed by atoms with Crippen LogP contribution in [0.15, 0.2) is 30.3 Å². The molecule has 1 aliphatic heterocycles. The van der Waals surface area contributed by atoms with Crippen molar-refractivity contribution in [2.45, 2.75) is 19.8 Å². The lowest BCUT2D eigenvalue weighted by atomic mass is 10.2. The summed E-state index contributed by atoms with van der Waals surface area (Å²) in [6.07, 6.45) is 1.36. The molecule has 0 bridgehead atoms. The molecule has 8 heteroatoms. The Hall–Kier alpha value is -2.87. The molecule has 3 amide bonds. The smallest absolute Gasteiger partial charge is 0.261 e. The summed E-state index contributed by atoms with van der Waals surface area (Å²) in [5, 5.41) is 5.32. The van der Waals surface area contributed by atoms with Gasteiger partial charge in [0.25, 0.3) is 5.91 Å². The molecule has 2 N–H and O–H groups in total. The number of rotatable bonds is 6. The second kappa shape index (κ2) is 8.22. The van der Waals surface area contributed by atoms with Crippen LogP contribution in [0.2, 0.25) is 0 Å². The van der Waals surface area contributed by atoms with Crippen LogP contribution in [0.25, 0.3) is 0 Å². The summed E-state index contributed by atoms with van der Waals surface area (Å²) in [7, 11) is 1.52. The third-order valence-corrected chi connectivity index (χ3v) is 5.20. The fourth-order valence-corrected chi connectivity index (χ4v) is 3.67.